The Morgan fingerprint density at radius 3 is 2.00 bits per heavy atom. The average Bonchev–Trinajstić information content (AvgIpc) is 2.95. The Labute approximate surface area is 250 Å². The van der Waals surface area contributed by atoms with Crippen LogP contribution >= 0.6 is 0 Å². The van der Waals surface area contributed by atoms with E-state index in [0.717, 1.165) is 25.9 Å². The molecule has 2 amide bonds. The predicted octanol–water partition coefficient (Wildman–Crippen LogP) is 3.88. The number of amides is 2. The number of aryl methyl sites for hydroxylation is 2. The highest BCUT2D eigenvalue weighted by Gasteiger charge is 2.27. The summed E-state index contributed by atoms with van der Waals surface area (Å²) in [4.78, 5) is 38.4. The van der Waals surface area contributed by atoms with Crippen molar-refractivity contribution in [1.29, 1.82) is 0 Å². The fourth-order valence-corrected chi connectivity index (χ4v) is 6.23. The Balaban J connectivity index is 0.000000973. The van der Waals surface area contributed by atoms with Crippen molar-refractivity contribution in [2.45, 2.75) is 50.2 Å². The summed E-state index contributed by atoms with van der Waals surface area (Å²) in [5, 5.41) is 2.78. The summed E-state index contributed by atoms with van der Waals surface area (Å²) < 4.78 is 63.9. The van der Waals surface area contributed by atoms with Crippen molar-refractivity contribution in [1.82, 2.24) is 14.1 Å². The smallest absolute Gasteiger partial charge is 0.446 e. The number of ether oxygens (including phenoxy) is 1. The maximum absolute atomic E-state index is 13.1. The number of benzene rings is 2. The molecule has 0 bridgehead atoms. The van der Waals surface area contributed by atoms with Gasteiger partial charge in [0.2, 0.25) is 22.2 Å². The lowest BCUT2D eigenvalue weighted by atomic mass is 10.0. The van der Waals surface area contributed by atoms with Gasteiger partial charge in [-0.15, -0.1) is 0 Å². The largest absolute Gasteiger partial charge is 0.497 e. The van der Waals surface area contributed by atoms with Crippen molar-refractivity contribution in [3.05, 3.63) is 53.1 Å². The van der Waals surface area contributed by atoms with Crippen LogP contribution in [-0.4, -0.2) is 101 Å². The van der Waals surface area contributed by atoms with Crippen LogP contribution in [0.3, 0.4) is 0 Å². The van der Waals surface area contributed by atoms with E-state index in [9.17, 15) is 31.2 Å². The van der Waals surface area contributed by atoms with Gasteiger partial charge in [-0.25, -0.2) is 12.7 Å². The van der Waals surface area contributed by atoms with Crippen LogP contribution in [0.25, 0.3) is 0 Å². The molecule has 0 radical (unpaired) electrons. The number of carbonyl (C=O) groups excluding carboxylic acids is 3. The van der Waals surface area contributed by atoms with E-state index in [1.54, 1.807) is 50.2 Å². The van der Waals surface area contributed by atoms with Crippen molar-refractivity contribution in [2.75, 3.05) is 53.2 Å². The van der Waals surface area contributed by atoms with Crippen LogP contribution in [0.4, 0.5) is 18.9 Å². The summed E-state index contributed by atoms with van der Waals surface area (Å²) in [6, 6.07) is 10.7. The highest BCUT2D eigenvalue weighted by Crippen LogP contribution is 2.28. The molecule has 238 valence electrons. The zero-order valence-electron chi connectivity index (χ0n) is 25.2. The number of methoxy groups -OCH3 is 1. The number of carbonyl (C=O) groups is 3. The Morgan fingerprint density at radius 1 is 1.05 bits per heavy atom. The molecule has 1 N–H and O–H groups in total. The van der Waals surface area contributed by atoms with Crippen molar-refractivity contribution in [3.63, 3.8) is 0 Å². The topological polar surface area (TPSA) is 116 Å². The molecule has 2 aromatic rings. The number of rotatable bonds is 9. The van der Waals surface area contributed by atoms with E-state index in [0.29, 0.717) is 34.2 Å². The monoisotopic (exact) mass is 628 g/mol. The van der Waals surface area contributed by atoms with Gasteiger partial charge in [0, 0.05) is 50.4 Å². The van der Waals surface area contributed by atoms with Gasteiger partial charge in [-0.3, -0.25) is 14.4 Å². The molecular weight excluding hydrogens is 589 g/mol. The van der Waals surface area contributed by atoms with E-state index in [4.69, 9.17) is 9.53 Å². The number of anilines is 1. The first-order chi connectivity index (χ1) is 20.0. The number of nitrogens with one attached hydrogen (secondary N) is 1. The maximum atomic E-state index is 13.1. The lowest BCUT2D eigenvalue weighted by Gasteiger charge is -2.35. The molecule has 1 aliphatic rings. The van der Waals surface area contributed by atoms with Crippen molar-refractivity contribution >= 4 is 33.8 Å². The van der Waals surface area contributed by atoms with Crippen LogP contribution in [0.5, 0.6) is 5.75 Å². The summed E-state index contributed by atoms with van der Waals surface area (Å²) in [5.41, 5.74) is 2.31. The fourth-order valence-electron chi connectivity index (χ4n) is 4.66. The van der Waals surface area contributed by atoms with Gasteiger partial charge >= 0.3 is 6.18 Å². The van der Waals surface area contributed by atoms with E-state index >= 15 is 0 Å². The van der Waals surface area contributed by atoms with Crippen LogP contribution in [-0.2, 0) is 19.6 Å². The molecule has 1 aliphatic heterocycles. The lowest BCUT2D eigenvalue weighted by molar-refractivity contribution is -0.156. The minimum atomic E-state index is -4.64. The molecule has 3 rings (SSSR count). The molecule has 2 aromatic carbocycles. The van der Waals surface area contributed by atoms with Gasteiger partial charge in [-0.1, -0.05) is 0 Å². The minimum Gasteiger partial charge on any atom is -0.497 e. The Kier molecular flexibility index (Phi) is 12.7. The van der Waals surface area contributed by atoms with Crippen LogP contribution in [0.15, 0.2) is 41.3 Å². The van der Waals surface area contributed by atoms with Crippen LogP contribution in [0.2, 0.25) is 0 Å². The van der Waals surface area contributed by atoms with Gasteiger partial charge in [0.25, 0.3) is 5.91 Å². The summed E-state index contributed by atoms with van der Waals surface area (Å²) >= 11 is 0. The number of hydrogen-bond donors (Lipinski definition) is 1. The van der Waals surface area contributed by atoms with E-state index < -0.39 is 22.5 Å². The summed E-state index contributed by atoms with van der Waals surface area (Å²) in [7, 11) is 3.35. The summed E-state index contributed by atoms with van der Waals surface area (Å²) in [6.45, 7) is 4.93. The van der Waals surface area contributed by atoms with Gasteiger partial charge in [-0.05, 0) is 88.3 Å². The zero-order valence-corrected chi connectivity index (χ0v) is 26.0. The first-order valence-corrected chi connectivity index (χ1v) is 14.9. The third-order valence-corrected chi connectivity index (χ3v) is 9.19. The van der Waals surface area contributed by atoms with Gasteiger partial charge in [0.1, 0.15) is 5.75 Å². The first-order valence-electron chi connectivity index (χ1n) is 13.5. The van der Waals surface area contributed by atoms with Gasteiger partial charge in [0.05, 0.1) is 12.0 Å². The van der Waals surface area contributed by atoms with Crippen molar-refractivity contribution in [2.24, 2.45) is 0 Å². The molecular formula is C29H39F3N4O6S. The van der Waals surface area contributed by atoms with Crippen molar-refractivity contribution < 1.29 is 40.7 Å². The number of likely N-dealkylation sites (tertiary alicyclic amines) is 1. The number of halogens is 3. The molecule has 0 aromatic heterocycles. The van der Waals surface area contributed by atoms with Crippen LogP contribution in [0, 0.1) is 13.8 Å². The molecule has 1 saturated heterocycles. The normalized spacial score (nSPS) is 14.3. The standard InChI is InChI=1S/C27H38N4O5S.C2HF3O/c1-19-17-24(36-6)18-20(2)26(19)37(34,35)30(5)14-13-25(32)28-22-9-7-21(8-10-22)27(33)31-15-11-23(12-16-31)29(3)4;3-2(4,5)1-6/h7-10,17-18,23H,11-16H2,1-6H3,(H,28,32);1H. The number of alkyl halides is 3. The highest BCUT2D eigenvalue weighted by molar-refractivity contribution is 7.89. The van der Waals surface area contributed by atoms with E-state index in [1.165, 1.54) is 18.5 Å². The third-order valence-electron chi connectivity index (χ3n) is 7.02. The van der Waals surface area contributed by atoms with Gasteiger partial charge in [0.15, 0.2) is 0 Å². The molecule has 1 heterocycles. The minimum absolute atomic E-state index is 0.00830. The number of piperidine rings is 1. The fraction of sp³-hybridized carbons (Fsp3) is 0.483. The quantitative estimate of drug-likeness (QED) is 0.419. The van der Waals surface area contributed by atoms with Gasteiger partial charge in [-0.2, -0.15) is 13.2 Å². The molecule has 0 unspecified atom stereocenters. The molecule has 10 nitrogen and oxygen atoms in total. The molecule has 0 saturated carbocycles. The Morgan fingerprint density at radius 2 is 1.56 bits per heavy atom. The van der Waals surface area contributed by atoms with Crippen LogP contribution < -0.4 is 10.1 Å². The lowest BCUT2D eigenvalue weighted by Crippen LogP contribution is -2.44. The molecule has 1 fully saturated rings. The Hall–Kier alpha value is -3.49. The SMILES string of the molecule is COc1cc(C)c(S(=O)(=O)N(C)CCC(=O)Nc2ccc(C(=O)N3CCC(N(C)C)CC3)cc2)c(C)c1.O=CC(F)(F)F. The third kappa shape index (κ3) is 10.3. The van der Waals surface area contributed by atoms with E-state index in [-0.39, 0.29) is 29.7 Å². The molecule has 0 atom stereocenters. The number of nitrogens with zero attached hydrogens (tertiary/aromatic N) is 3. The average molecular weight is 629 g/mol. The van der Waals surface area contributed by atoms with E-state index in [1.807, 2.05) is 4.90 Å². The van der Waals surface area contributed by atoms with Crippen LogP contribution in [0.1, 0.15) is 40.7 Å². The summed E-state index contributed by atoms with van der Waals surface area (Å²) in [5.74, 6) is 0.277. The second-order valence-electron chi connectivity index (χ2n) is 10.4. The van der Waals surface area contributed by atoms with Gasteiger partial charge < -0.3 is 19.9 Å². The maximum Gasteiger partial charge on any atom is 0.446 e. The molecule has 43 heavy (non-hydrogen) atoms. The molecule has 0 aliphatic carbocycles. The summed E-state index contributed by atoms with van der Waals surface area (Å²) in [6.07, 6.45) is -3.80. The highest BCUT2D eigenvalue weighted by atomic mass is 32.2. The number of sulfonamides is 1. The second kappa shape index (κ2) is 15.3. The Bertz CT molecular complexity index is 1350. The predicted molar refractivity (Wildman–Crippen MR) is 157 cm³/mol. The number of hydrogen-bond acceptors (Lipinski definition) is 7. The molecule has 14 heteroatoms. The van der Waals surface area contributed by atoms with Crippen molar-refractivity contribution in [3.8, 4) is 5.75 Å². The van der Waals surface area contributed by atoms with E-state index in [2.05, 4.69) is 24.3 Å². The second-order valence-corrected chi connectivity index (χ2v) is 12.4. The molecule has 0 spiro atoms. The number of aldehydes is 1. The zero-order chi connectivity index (χ0) is 32.5. The first kappa shape index (κ1) is 35.7.